The fourth-order valence-corrected chi connectivity index (χ4v) is 2.17. The molecule has 0 saturated carbocycles. The highest BCUT2D eigenvalue weighted by Crippen LogP contribution is 2.12. The number of rotatable bonds is 13. The van der Waals surface area contributed by atoms with Gasteiger partial charge in [-0.1, -0.05) is 77.6 Å². The number of unbranched alkanes of at least 4 members (excludes halogenated alkanes) is 11. The molecule has 104 valence electrons. The molecule has 0 aromatic carbocycles. The second-order valence-electron chi connectivity index (χ2n) is 5.16. The predicted molar refractivity (Wildman–Crippen MR) is 73.9 cm³/mol. The van der Waals surface area contributed by atoms with Gasteiger partial charge < -0.3 is 10.2 Å². The van der Waals surface area contributed by atoms with E-state index in [1.54, 1.807) is 0 Å². The third kappa shape index (κ3) is 15.9. The lowest BCUT2D eigenvalue weighted by Gasteiger charge is -2.04. The molecule has 0 aromatic heterocycles. The van der Waals surface area contributed by atoms with E-state index < -0.39 is 6.29 Å². The van der Waals surface area contributed by atoms with Gasteiger partial charge >= 0.3 is 0 Å². The molecule has 0 rings (SSSR count). The van der Waals surface area contributed by atoms with Crippen LogP contribution in [0.15, 0.2) is 0 Å². The van der Waals surface area contributed by atoms with Gasteiger partial charge in [0.1, 0.15) is 0 Å². The highest BCUT2D eigenvalue weighted by Gasteiger charge is 1.97. The quantitative estimate of drug-likeness (QED) is 0.372. The summed E-state index contributed by atoms with van der Waals surface area (Å²) in [5.74, 6) is 0. The largest absolute Gasteiger partial charge is 0.368 e. The Kier molecular flexibility index (Phi) is 13.9. The molecule has 0 aliphatic heterocycles. The lowest BCUT2D eigenvalue weighted by Crippen LogP contribution is -2.02. The Morgan fingerprint density at radius 3 is 1.29 bits per heavy atom. The van der Waals surface area contributed by atoms with Gasteiger partial charge in [0, 0.05) is 0 Å². The van der Waals surface area contributed by atoms with Crippen LogP contribution >= 0.6 is 0 Å². The molecule has 0 bridgehead atoms. The zero-order chi connectivity index (χ0) is 12.8. The van der Waals surface area contributed by atoms with Crippen LogP contribution in [-0.2, 0) is 0 Å². The molecule has 0 spiro atoms. The molecule has 0 heterocycles. The van der Waals surface area contributed by atoms with Gasteiger partial charge in [-0.25, -0.2) is 0 Å². The van der Waals surface area contributed by atoms with E-state index in [9.17, 15) is 0 Å². The van der Waals surface area contributed by atoms with Gasteiger partial charge in [0.2, 0.25) is 0 Å². The first-order chi connectivity index (χ1) is 8.27. The van der Waals surface area contributed by atoms with Crippen molar-refractivity contribution >= 4 is 0 Å². The van der Waals surface area contributed by atoms with E-state index in [0.29, 0.717) is 6.42 Å². The van der Waals surface area contributed by atoms with Crippen molar-refractivity contribution in [3.8, 4) is 0 Å². The van der Waals surface area contributed by atoms with Gasteiger partial charge in [-0.2, -0.15) is 0 Å². The van der Waals surface area contributed by atoms with Crippen molar-refractivity contribution in [3.63, 3.8) is 0 Å². The highest BCUT2D eigenvalue weighted by atomic mass is 16.5. The molecule has 0 saturated heterocycles. The van der Waals surface area contributed by atoms with Crippen LogP contribution in [0.3, 0.4) is 0 Å². The second-order valence-corrected chi connectivity index (χ2v) is 5.16. The Morgan fingerprint density at radius 1 is 0.588 bits per heavy atom. The minimum Gasteiger partial charge on any atom is -0.368 e. The van der Waals surface area contributed by atoms with Crippen LogP contribution in [0.1, 0.15) is 90.4 Å². The smallest absolute Gasteiger partial charge is 0.151 e. The van der Waals surface area contributed by atoms with Crippen LogP contribution in [-0.4, -0.2) is 16.5 Å². The average Bonchev–Trinajstić information content (AvgIpc) is 2.30. The fourth-order valence-electron chi connectivity index (χ4n) is 2.17. The third-order valence-electron chi connectivity index (χ3n) is 3.32. The third-order valence-corrected chi connectivity index (χ3v) is 3.32. The molecule has 2 nitrogen and oxygen atoms in total. The zero-order valence-corrected chi connectivity index (χ0v) is 11.7. The minimum atomic E-state index is -1.10. The molecule has 17 heavy (non-hydrogen) atoms. The molecule has 0 amide bonds. The Bertz CT molecular complexity index is 135. The maximum Gasteiger partial charge on any atom is 0.151 e. The predicted octanol–water partition coefficient (Wildman–Crippen LogP) is 4.39. The van der Waals surface area contributed by atoms with Crippen molar-refractivity contribution in [1.82, 2.24) is 0 Å². The SMILES string of the molecule is CCCCCCCCCCCCCCC(O)O. The van der Waals surface area contributed by atoms with Crippen molar-refractivity contribution in [3.05, 3.63) is 0 Å². The topological polar surface area (TPSA) is 40.5 Å². The summed E-state index contributed by atoms with van der Waals surface area (Å²) >= 11 is 0. The first-order valence-electron chi connectivity index (χ1n) is 7.63. The van der Waals surface area contributed by atoms with Crippen LogP contribution in [0.2, 0.25) is 0 Å². The Labute approximate surface area is 107 Å². The van der Waals surface area contributed by atoms with Crippen molar-refractivity contribution < 1.29 is 10.2 Å². The number of aliphatic hydroxyl groups excluding tert-OH is 1. The number of hydrogen-bond acceptors (Lipinski definition) is 2. The van der Waals surface area contributed by atoms with E-state index in [0.717, 1.165) is 12.8 Å². The van der Waals surface area contributed by atoms with Gasteiger partial charge in [0.15, 0.2) is 6.29 Å². The zero-order valence-electron chi connectivity index (χ0n) is 11.7. The Hall–Kier alpha value is -0.0800. The van der Waals surface area contributed by atoms with Crippen molar-refractivity contribution in [2.45, 2.75) is 96.7 Å². The van der Waals surface area contributed by atoms with Crippen molar-refractivity contribution in [1.29, 1.82) is 0 Å². The summed E-state index contributed by atoms with van der Waals surface area (Å²) in [6, 6.07) is 0. The van der Waals surface area contributed by atoms with E-state index in [1.807, 2.05) is 0 Å². The Morgan fingerprint density at radius 2 is 0.941 bits per heavy atom. The molecular formula is C15H32O2. The first-order valence-corrected chi connectivity index (χ1v) is 7.63. The standard InChI is InChI=1S/C15H32O2/c1-2-3-4-5-6-7-8-9-10-11-12-13-14-15(16)17/h15-17H,2-14H2,1H3. The minimum absolute atomic E-state index is 0.539. The van der Waals surface area contributed by atoms with Crippen molar-refractivity contribution in [2.24, 2.45) is 0 Å². The summed E-state index contributed by atoms with van der Waals surface area (Å²) in [6.45, 7) is 2.26. The normalized spacial score (nSPS) is 11.3. The summed E-state index contributed by atoms with van der Waals surface area (Å²) < 4.78 is 0. The maximum atomic E-state index is 8.67. The van der Waals surface area contributed by atoms with Gasteiger partial charge in [-0.3, -0.25) is 0 Å². The van der Waals surface area contributed by atoms with Gasteiger partial charge in [-0.15, -0.1) is 0 Å². The lowest BCUT2D eigenvalue weighted by atomic mass is 10.0. The maximum absolute atomic E-state index is 8.67. The summed E-state index contributed by atoms with van der Waals surface area (Å²) in [4.78, 5) is 0. The molecule has 0 fully saturated rings. The molecule has 2 heteroatoms. The van der Waals surface area contributed by atoms with Crippen LogP contribution < -0.4 is 0 Å². The van der Waals surface area contributed by atoms with Gasteiger partial charge in [0.25, 0.3) is 0 Å². The molecule has 0 unspecified atom stereocenters. The highest BCUT2D eigenvalue weighted by molar-refractivity contribution is 4.49. The van der Waals surface area contributed by atoms with E-state index in [-0.39, 0.29) is 0 Å². The molecule has 0 atom stereocenters. The average molecular weight is 244 g/mol. The van der Waals surface area contributed by atoms with E-state index in [1.165, 1.54) is 64.2 Å². The number of hydrogen-bond donors (Lipinski definition) is 2. The summed E-state index contributed by atoms with van der Waals surface area (Å²) in [7, 11) is 0. The van der Waals surface area contributed by atoms with E-state index >= 15 is 0 Å². The van der Waals surface area contributed by atoms with Crippen LogP contribution in [0.5, 0.6) is 0 Å². The molecule has 0 aromatic rings. The first kappa shape index (κ1) is 16.9. The summed E-state index contributed by atoms with van der Waals surface area (Å²) in [6.07, 6.45) is 15.2. The Balaban J connectivity index is 2.89. The second kappa shape index (κ2) is 14.0. The van der Waals surface area contributed by atoms with Gasteiger partial charge in [-0.05, 0) is 12.8 Å². The van der Waals surface area contributed by atoms with Crippen LogP contribution in [0, 0.1) is 0 Å². The van der Waals surface area contributed by atoms with Crippen molar-refractivity contribution in [2.75, 3.05) is 0 Å². The molecule has 0 aliphatic rings. The summed E-state index contributed by atoms with van der Waals surface area (Å²) in [5, 5.41) is 17.3. The van der Waals surface area contributed by atoms with Gasteiger partial charge in [0.05, 0.1) is 0 Å². The number of aliphatic hydroxyl groups is 2. The molecule has 0 aliphatic carbocycles. The van der Waals surface area contributed by atoms with E-state index in [4.69, 9.17) is 10.2 Å². The fraction of sp³-hybridized carbons (Fsp3) is 1.00. The monoisotopic (exact) mass is 244 g/mol. The van der Waals surface area contributed by atoms with Crippen LogP contribution in [0.25, 0.3) is 0 Å². The molecule has 2 N–H and O–H groups in total. The molecule has 0 radical (unpaired) electrons. The van der Waals surface area contributed by atoms with Crippen LogP contribution in [0.4, 0.5) is 0 Å². The van der Waals surface area contributed by atoms with E-state index in [2.05, 4.69) is 6.92 Å². The lowest BCUT2D eigenvalue weighted by molar-refractivity contribution is -0.0466. The summed E-state index contributed by atoms with van der Waals surface area (Å²) in [5.41, 5.74) is 0. The molecular weight excluding hydrogens is 212 g/mol.